The molecule has 2 heterocycles. The molecule has 4 heteroatoms. The van der Waals surface area contributed by atoms with Crippen molar-refractivity contribution in [2.75, 3.05) is 41.4 Å². The largest absolute Gasteiger partial charge is 0.388 e. The molecule has 2 fully saturated rings. The van der Waals surface area contributed by atoms with Crippen LogP contribution < -0.4 is 0 Å². The summed E-state index contributed by atoms with van der Waals surface area (Å²) in [5.74, 6) is 1.21. The lowest BCUT2D eigenvalue weighted by atomic mass is 9.78. The number of hydrogen-bond donors (Lipinski definition) is 1. The summed E-state index contributed by atoms with van der Waals surface area (Å²) in [5.41, 5.74) is 5.36. The first-order valence-electron chi connectivity index (χ1n) is 10.4. The Morgan fingerprint density at radius 3 is 1.67 bits per heavy atom. The number of aliphatic hydroxyl groups excluding tert-OH is 1. The molecule has 4 nitrogen and oxygen atoms in total. The number of allylic oxidation sites excluding steroid dienone is 6. The van der Waals surface area contributed by atoms with Crippen LogP contribution in [0, 0.1) is 11.8 Å². The number of methoxy groups -OCH3 is 1. The van der Waals surface area contributed by atoms with E-state index in [0.29, 0.717) is 11.8 Å². The van der Waals surface area contributed by atoms with E-state index in [1.165, 1.54) is 61.3 Å². The van der Waals surface area contributed by atoms with Gasteiger partial charge < -0.3 is 19.6 Å². The third kappa shape index (κ3) is 4.49. The van der Waals surface area contributed by atoms with Gasteiger partial charge in [0.15, 0.2) is 0 Å². The van der Waals surface area contributed by atoms with Gasteiger partial charge >= 0.3 is 0 Å². The van der Waals surface area contributed by atoms with Crippen LogP contribution in [0.2, 0.25) is 0 Å². The molecule has 0 saturated carbocycles. The maximum absolute atomic E-state index is 11.0. The molecule has 0 aromatic rings. The average molecular weight is 373 g/mol. The van der Waals surface area contributed by atoms with Crippen LogP contribution in [-0.4, -0.2) is 62.4 Å². The zero-order valence-corrected chi connectivity index (χ0v) is 17.4. The topological polar surface area (TPSA) is 35.9 Å². The Balaban J connectivity index is 0.000000659. The molecule has 4 rings (SSSR count). The van der Waals surface area contributed by atoms with Crippen LogP contribution in [0.1, 0.15) is 38.5 Å². The minimum absolute atomic E-state index is 0.389. The molecule has 150 valence electrons. The van der Waals surface area contributed by atoms with Crippen LogP contribution in [0.3, 0.4) is 0 Å². The normalized spacial score (nSPS) is 28.5. The molecule has 27 heavy (non-hydrogen) atoms. The molecule has 0 radical (unpaired) electrons. The SMILES string of the molecule is CN1CCCC2CC(C(O)C3=CC=C4C(CCCN4C)C3)=CC=C21.COC. The summed E-state index contributed by atoms with van der Waals surface area (Å²) in [5, 5.41) is 11.0. The van der Waals surface area contributed by atoms with Crippen LogP contribution in [0.25, 0.3) is 0 Å². The molecular weight excluding hydrogens is 336 g/mol. The first-order valence-corrected chi connectivity index (χ1v) is 10.4. The summed E-state index contributed by atoms with van der Waals surface area (Å²) in [6.07, 6.45) is 15.6. The van der Waals surface area contributed by atoms with Gasteiger partial charge in [-0.3, -0.25) is 0 Å². The van der Waals surface area contributed by atoms with E-state index < -0.39 is 0 Å². The smallest absolute Gasteiger partial charge is 0.0967 e. The second-order valence-electron chi connectivity index (χ2n) is 8.41. The van der Waals surface area contributed by atoms with Gasteiger partial charge in [0.2, 0.25) is 0 Å². The molecule has 0 spiro atoms. The van der Waals surface area contributed by atoms with Crippen molar-refractivity contribution in [1.29, 1.82) is 0 Å². The summed E-state index contributed by atoms with van der Waals surface area (Å²) in [6.45, 7) is 2.34. The van der Waals surface area contributed by atoms with Gasteiger partial charge in [0.25, 0.3) is 0 Å². The number of ether oxygens (including phenoxy) is 1. The number of likely N-dealkylation sites (tertiary alicyclic amines) is 2. The molecule has 2 unspecified atom stereocenters. The summed E-state index contributed by atoms with van der Waals surface area (Å²) in [4.78, 5) is 4.78. The molecule has 0 amide bonds. The van der Waals surface area contributed by atoms with Crippen molar-refractivity contribution in [1.82, 2.24) is 9.80 Å². The van der Waals surface area contributed by atoms with E-state index in [9.17, 15) is 5.11 Å². The highest BCUT2D eigenvalue weighted by Crippen LogP contribution is 2.40. The van der Waals surface area contributed by atoms with E-state index in [-0.39, 0.29) is 6.10 Å². The Hall–Kier alpha value is -1.52. The number of hydrogen-bond acceptors (Lipinski definition) is 4. The highest BCUT2D eigenvalue weighted by atomic mass is 16.4. The van der Waals surface area contributed by atoms with Gasteiger partial charge in [-0.05, 0) is 61.8 Å². The Kier molecular flexibility index (Phi) is 6.83. The Bertz CT molecular complexity index is 593. The lowest BCUT2D eigenvalue weighted by molar-refractivity contribution is 0.208. The average Bonchev–Trinajstić information content (AvgIpc) is 2.68. The number of fused-ring (bicyclic) bond motifs is 2. The summed E-state index contributed by atoms with van der Waals surface area (Å²) < 4.78 is 4.25. The van der Waals surface area contributed by atoms with Crippen LogP contribution >= 0.6 is 0 Å². The molecule has 2 aliphatic carbocycles. The lowest BCUT2D eigenvalue weighted by Gasteiger charge is -2.39. The maximum Gasteiger partial charge on any atom is 0.0967 e. The number of nitrogens with zero attached hydrogens (tertiary/aromatic N) is 2. The molecule has 2 saturated heterocycles. The fourth-order valence-corrected chi connectivity index (χ4v) is 5.00. The molecule has 2 atom stereocenters. The first-order chi connectivity index (χ1) is 13.0. The quantitative estimate of drug-likeness (QED) is 0.801. The van der Waals surface area contributed by atoms with E-state index in [1.807, 2.05) is 0 Å². The van der Waals surface area contributed by atoms with Crippen molar-refractivity contribution in [2.24, 2.45) is 11.8 Å². The second-order valence-corrected chi connectivity index (χ2v) is 8.41. The van der Waals surface area contributed by atoms with Gasteiger partial charge in [0.05, 0.1) is 6.10 Å². The zero-order chi connectivity index (χ0) is 19.4. The van der Waals surface area contributed by atoms with Gasteiger partial charge in [-0.25, -0.2) is 0 Å². The van der Waals surface area contributed by atoms with E-state index in [4.69, 9.17) is 0 Å². The number of aliphatic hydroxyl groups is 1. The monoisotopic (exact) mass is 372 g/mol. The first kappa shape index (κ1) is 20.2. The summed E-state index contributed by atoms with van der Waals surface area (Å²) >= 11 is 0. The molecule has 0 bridgehead atoms. The number of rotatable bonds is 2. The van der Waals surface area contributed by atoms with E-state index in [1.54, 1.807) is 14.2 Å². The lowest BCUT2D eigenvalue weighted by Crippen LogP contribution is -2.34. The van der Waals surface area contributed by atoms with Crippen LogP contribution in [0.5, 0.6) is 0 Å². The van der Waals surface area contributed by atoms with E-state index >= 15 is 0 Å². The van der Waals surface area contributed by atoms with Gasteiger partial charge in [0, 0.05) is 64.6 Å². The molecule has 0 aromatic carbocycles. The summed E-state index contributed by atoms with van der Waals surface area (Å²) in [7, 11) is 7.64. The van der Waals surface area contributed by atoms with Crippen LogP contribution in [0.15, 0.2) is 46.8 Å². The third-order valence-electron chi connectivity index (χ3n) is 6.41. The van der Waals surface area contributed by atoms with Crippen LogP contribution in [0.4, 0.5) is 0 Å². The van der Waals surface area contributed by atoms with Crippen molar-refractivity contribution < 1.29 is 9.84 Å². The van der Waals surface area contributed by atoms with Crippen molar-refractivity contribution in [3.05, 3.63) is 46.8 Å². The highest BCUT2D eigenvalue weighted by molar-refractivity contribution is 5.37. The van der Waals surface area contributed by atoms with Crippen molar-refractivity contribution in [2.45, 2.75) is 44.6 Å². The van der Waals surface area contributed by atoms with Crippen molar-refractivity contribution in [3.63, 3.8) is 0 Å². The van der Waals surface area contributed by atoms with Gasteiger partial charge in [-0.1, -0.05) is 12.2 Å². The fraction of sp³-hybridized carbons (Fsp3) is 0.652. The van der Waals surface area contributed by atoms with Crippen LogP contribution in [-0.2, 0) is 4.74 Å². The Labute approximate surface area is 164 Å². The predicted molar refractivity (Wildman–Crippen MR) is 111 cm³/mol. The van der Waals surface area contributed by atoms with Gasteiger partial charge in [0.1, 0.15) is 0 Å². The minimum atomic E-state index is -0.389. The molecule has 0 aromatic heterocycles. The highest BCUT2D eigenvalue weighted by Gasteiger charge is 2.32. The van der Waals surface area contributed by atoms with Gasteiger partial charge in [-0.15, -0.1) is 0 Å². The standard InChI is InChI=1S/C21H30N2O.C2H6O/c1-22-11-3-5-15-13-17(7-9-19(15)22)21(24)18-8-10-20-16(14-18)6-4-12-23(20)2;1-3-2/h7-10,15-16,21,24H,3-6,11-14H2,1-2H3;1-2H3. The van der Waals surface area contributed by atoms with Crippen molar-refractivity contribution >= 4 is 0 Å². The minimum Gasteiger partial charge on any atom is -0.388 e. The van der Waals surface area contributed by atoms with E-state index in [0.717, 1.165) is 12.8 Å². The Morgan fingerprint density at radius 1 is 0.852 bits per heavy atom. The zero-order valence-electron chi connectivity index (χ0n) is 17.4. The molecular formula is C23H36N2O2. The number of piperidine rings is 2. The van der Waals surface area contributed by atoms with E-state index in [2.05, 4.69) is 52.9 Å². The van der Waals surface area contributed by atoms with Gasteiger partial charge in [-0.2, -0.15) is 0 Å². The third-order valence-corrected chi connectivity index (χ3v) is 6.41. The van der Waals surface area contributed by atoms with Crippen molar-refractivity contribution in [3.8, 4) is 0 Å². The predicted octanol–water partition coefficient (Wildman–Crippen LogP) is 3.72. The maximum atomic E-state index is 11.0. The Morgan fingerprint density at radius 2 is 1.26 bits per heavy atom. The molecule has 4 aliphatic rings. The molecule has 2 aliphatic heterocycles. The second kappa shape index (κ2) is 9.11. The summed E-state index contributed by atoms with van der Waals surface area (Å²) in [6, 6.07) is 0. The fourth-order valence-electron chi connectivity index (χ4n) is 5.00. The molecule has 1 N–H and O–H groups in total.